The van der Waals surface area contributed by atoms with E-state index in [9.17, 15) is 4.79 Å². The van der Waals surface area contributed by atoms with Crippen LogP contribution in [0.15, 0.2) is 30.3 Å². The summed E-state index contributed by atoms with van der Waals surface area (Å²) >= 11 is 6.16. The number of fused-ring (bicyclic) bond motifs is 1. The molecule has 0 unspecified atom stereocenters. The van der Waals surface area contributed by atoms with Crippen LogP contribution in [0.1, 0.15) is 43.1 Å². The van der Waals surface area contributed by atoms with Gasteiger partial charge in [-0.2, -0.15) is 0 Å². The highest BCUT2D eigenvalue weighted by atomic mass is 35.5. The van der Waals surface area contributed by atoms with Crippen LogP contribution < -0.4 is 0 Å². The molecule has 2 aromatic heterocycles. The number of benzene rings is 1. The molecular weight excluding hydrogens is 350 g/mol. The van der Waals surface area contributed by atoms with Gasteiger partial charge in [0.15, 0.2) is 5.65 Å². The van der Waals surface area contributed by atoms with Crippen molar-refractivity contribution < 1.29 is 9.90 Å². The van der Waals surface area contributed by atoms with Crippen LogP contribution in [0.25, 0.3) is 16.9 Å². The van der Waals surface area contributed by atoms with Crippen LogP contribution in [0.4, 0.5) is 0 Å². The van der Waals surface area contributed by atoms with Gasteiger partial charge in [-0.05, 0) is 55.5 Å². The quantitative estimate of drug-likeness (QED) is 0.481. The summed E-state index contributed by atoms with van der Waals surface area (Å²) in [7, 11) is 0. The third-order valence-corrected chi connectivity index (χ3v) is 4.65. The van der Waals surface area contributed by atoms with Gasteiger partial charge in [-0.15, -0.1) is 0 Å². The van der Waals surface area contributed by atoms with E-state index in [1.54, 1.807) is 0 Å². The average Bonchev–Trinajstić information content (AvgIpc) is 2.98. The van der Waals surface area contributed by atoms with Gasteiger partial charge >= 0.3 is 5.97 Å². The van der Waals surface area contributed by atoms with Gasteiger partial charge in [-0.25, -0.2) is 9.97 Å². The molecule has 0 saturated carbocycles. The molecule has 1 aromatic carbocycles. The van der Waals surface area contributed by atoms with Crippen molar-refractivity contribution >= 4 is 28.7 Å². The molecule has 0 aliphatic rings. The molecule has 1 N–H and O–H groups in total. The number of rotatable bonds is 7. The van der Waals surface area contributed by atoms with Crippen LogP contribution in [-0.2, 0) is 17.6 Å². The van der Waals surface area contributed by atoms with Crippen molar-refractivity contribution in [2.45, 2.75) is 46.0 Å². The Kier molecular flexibility index (Phi) is 5.57. The van der Waals surface area contributed by atoms with E-state index >= 15 is 0 Å². The minimum atomic E-state index is -0.735. The number of aliphatic carboxylic acids is 1. The van der Waals surface area contributed by atoms with E-state index in [2.05, 4.69) is 40.7 Å². The molecule has 26 heavy (non-hydrogen) atoms. The normalized spacial score (nSPS) is 11.2. The first kappa shape index (κ1) is 18.4. The summed E-state index contributed by atoms with van der Waals surface area (Å²) in [6.07, 6.45) is 3.47. The third kappa shape index (κ3) is 3.88. The molecule has 0 amide bonds. The number of carbonyl (C=O) groups is 1. The molecule has 0 aliphatic heterocycles. The molecule has 136 valence electrons. The van der Waals surface area contributed by atoms with E-state index in [1.807, 2.05) is 13.0 Å². The fourth-order valence-electron chi connectivity index (χ4n) is 3.13. The second kappa shape index (κ2) is 7.87. The standard InChI is InChI=1S/C20H22ClN3O2/c1-3-17-23-19-13(2)12-16(21)22-20(19)24(17)15-10-8-14(9-11-15)6-4-5-7-18(25)26/h8-12H,3-7H2,1-2H3,(H,25,26). The number of carboxylic acid groups (broad SMARTS) is 1. The van der Waals surface area contributed by atoms with E-state index < -0.39 is 5.97 Å². The van der Waals surface area contributed by atoms with Gasteiger partial charge in [0.1, 0.15) is 16.5 Å². The second-order valence-corrected chi connectivity index (χ2v) is 6.81. The number of unbranched alkanes of at least 4 members (excludes halogenated alkanes) is 1. The van der Waals surface area contributed by atoms with Crippen molar-refractivity contribution in [2.24, 2.45) is 0 Å². The first-order valence-electron chi connectivity index (χ1n) is 8.85. The molecule has 5 nitrogen and oxygen atoms in total. The number of nitrogens with zero attached hydrogens (tertiary/aromatic N) is 3. The number of halogens is 1. The van der Waals surface area contributed by atoms with E-state index in [-0.39, 0.29) is 6.42 Å². The van der Waals surface area contributed by atoms with Crippen molar-refractivity contribution in [1.82, 2.24) is 14.5 Å². The molecule has 0 bridgehead atoms. The number of aromatic nitrogens is 3. The Hall–Kier alpha value is -2.40. The summed E-state index contributed by atoms with van der Waals surface area (Å²) < 4.78 is 2.06. The zero-order chi connectivity index (χ0) is 18.7. The van der Waals surface area contributed by atoms with E-state index in [4.69, 9.17) is 21.7 Å². The highest BCUT2D eigenvalue weighted by Crippen LogP contribution is 2.25. The lowest BCUT2D eigenvalue weighted by Gasteiger charge is -2.09. The maximum absolute atomic E-state index is 10.6. The van der Waals surface area contributed by atoms with Crippen LogP contribution in [0.3, 0.4) is 0 Å². The summed E-state index contributed by atoms with van der Waals surface area (Å²) in [5, 5.41) is 9.17. The smallest absolute Gasteiger partial charge is 0.303 e. The van der Waals surface area contributed by atoms with Gasteiger partial charge in [0.2, 0.25) is 0 Å². The van der Waals surface area contributed by atoms with Crippen LogP contribution >= 0.6 is 11.6 Å². The van der Waals surface area contributed by atoms with Crippen molar-refractivity contribution in [1.29, 1.82) is 0 Å². The molecule has 0 fully saturated rings. The Morgan fingerprint density at radius 1 is 1.19 bits per heavy atom. The van der Waals surface area contributed by atoms with E-state index in [0.29, 0.717) is 11.6 Å². The highest BCUT2D eigenvalue weighted by molar-refractivity contribution is 6.29. The van der Waals surface area contributed by atoms with Crippen molar-refractivity contribution in [3.8, 4) is 5.69 Å². The Bertz CT molecular complexity index is 932. The van der Waals surface area contributed by atoms with Crippen molar-refractivity contribution in [2.75, 3.05) is 0 Å². The second-order valence-electron chi connectivity index (χ2n) is 6.42. The van der Waals surface area contributed by atoms with Crippen molar-refractivity contribution in [3.05, 3.63) is 52.4 Å². The minimum absolute atomic E-state index is 0.227. The number of aryl methyl sites for hydroxylation is 3. The topological polar surface area (TPSA) is 68.0 Å². The molecule has 0 atom stereocenters. The molecule has 0 radical (unpaired) electrons. The first-order chi connectivity index (χ1) is 12.5. The Morgan fingerprint density at radius 3 is 2.58 bits per heavy atom. The van der Waals surface area contributed by atoms with Crippen LogP contribution in [0.2, 0.25) is 5.15 Å². The highest BCUT2D eigenvalue weighted by Gasteiger charge is 2.15. The number of pyridine rings is 1. The fourth-order valence-corrected chi connectivity index (χ4v) is 3.37. The summed E-state index contributed by atoms with van der Waals surface area (Å²) in [6, 6.07) is 10.1. The summed E-state index contributed by atoms with van der Waals surface area (Å²) in [6.45, 7) is 4.07. The first-order valence-corrected chi connectivity index (χ1v) is 9.23. The number of imidazole rings is 1. The maximum Gasteiger partial charge on any atom is 0.303 e. The van der Waals surface area contributed by atoms with Crippen LogP contribution in [0.5, 0.6) is 0 Å². The zero-order valence-corrected chi connectivity index (χ0v) is 15.8. The molecule has 0 spiro atoms. The lowest BCUT2D eigenvalue weighted by atomic mass is 10.1. The van der Waals surface area contributed by atoms with Crippen molar-refractivity contribution in [3.63, 3.8) is 0 Å². The van der Waals surface area contributed by atoms with Gasteiger partial charge < -0.3 is 5.11 Å². The lowest BCUT2D eigenvalue weighted by Crippen LogP contribution is -2.01. The summed E-state index contributed by atoms with van der Waals surface area (Å²) in [4.78, 5) is 19.8. The average molecular weight is 372 g/mol. The zero-order valence-electron chi connectivity index (χ0n) is 15.0. The Morgan fingerprint density at radius 2 is 1.92 bits per heavy atom. The SMILES string of the molecule is CCc1nc2c(C)cc(Cl)nc2n1-c1ccc(CCCCC(=O)O)cc1. The summed E-state index contributed by atoms with van der Waals surface area (Å²) in [5.74, 6) is 0.216. The molecule has 3 aromatic rings. The molecule has 6 heteroatoms. The summed E-state index contributed by atoms with van der Waals surface area (Å²) in [5.41, 5.74) is 4.88. The number of carboxylic acids is 1. The van der Waals surface area contributed by atoms with E-state index in [0.717, 1.165) is 47.5 Å². The number of hydrogen-bond acceptors (Lipinski definition) is 3. The molecular formula is C20H22ClN3O2. The maximum atomic E-state index is 10.6. The fraction of sp³-hybridized carbons (Fsp3) is 0.350. The van der Waals surface area contributed by atoms with Gasteiger partial charge in [0.05, 0.1) is 0 Å². The van der Waals surface area contributed by atoms with Crippen LogP contribution in [0, 0.1) is 6.92 Å². The third-order valence-electron chi connectivity index (χ3n) is 4.46. The van der Waals surface area contributed by atoms with Crippen LogP contribution in [-0.4, -0.2) is 25.6 Å². The Labute approximate surface area is 157 Å². The minimum Gasteiger partial charge on any atom is -0.481 e. The number of hydrogen-bond donors (Lipinski definition) is 1. The predicted octanol–water partition coefficient (Wildman–Crippen LogP) is 4.74. The molecule has 3 rings (SSSR count). The molecule has 0 saturated heterocycles. The predicted molar refractivity (Wildman–Crippen MR) is 103 cm³/mol. The van der Waals surface area contributed by atoms with Gasteiger partial charge in [0.25, 0.3) is 0 Å². The van der Waals surface area contributed by atoms with E-state index in [1.165, 1.54) is 5.56 Å². The van der Waals surface area contributed by atoms with Gasteiger partial charge in [-0.3, -0.25) is 9.36 Å². The molecule has 0 aliphatic carbocycles. The monoisotopic (exact) mass is 371 g/mol. The molecule has 2 heterocycles. The van der Waals surface area contributed by atoms with Gasteiger partial charge in [0, 0.05) is 18.5 Å². The lowest BCUT2D eigenvalue weighted by molar-refractivity contribution is -0.137. The largest absolute Gasteiger partial charge is 0.481 e. The van der Waals surface area contributed by atoms with Gasteiger partial charge in [-0.1, -0.05) is 30.7 Å². The Balaban J connectivity index is 1.88.